The van der Waals surface area contributed by atoms with E-state index in [0.717, 1.165) is 18.7 Å². The molecule has 2 heterocycles. The highest BCUT2D eigenvalue weighted by Gasteiger charge is 2.28. The van der Waals surface area contributed by atoms with E-state index in [1.54, 1.807) is 6.20 Å². The van der Waals surface area contributed by atoms with Gasteiger partial charge in [-0.15, -0.1) is 0 Å². The third-order valence-electron chi connectivity index (χ3n) is 3.24. The molecule has 1 aliphatic heterocycles. The van der Waals surface area contributed by atoms with Gasteiger partial charge < -0.3 is 15.4 Å². The minimum Gasteiger partial charge on any atom is -0.388 e. The van der Waals surface area contributed by atoms with E-state index >= 15 is 0 Å². The summed E-state index contributed by atoms with van der Waals surface area (Å²) in [6, 6.07) is 4.26. The second-order valence-electron chi connectivity index (χ2n) is 4.31. The average molecular weight is 251 g/mol. The zero-order valence-electron chi connectivity index (χ0n) is 10.1. The summed E-state index contributed by atoms with van der Waals surface area (Å²) in [7, 11) is 2.06. The van der Waals surface area contributed by atoms with Crippen LogP contribution in [0.1, 0.15) is 19.0 Å². The molecule has 0 aliphatic carbocycles. The van der Waals surface area contributed by atoms with Crippen LogP contribution in [0.15, 0.2) is 18.3 Å². The van der Waals surface area contributed by atoms with Crippen LogP contribution in [-0.4, -0.2) is 35.8 Å². The van der Waals surface area contributed by atoms with E-state index in [-0.39, 0.29) is 6.10 Å². The van der Waals surface area contributed by atoms with Crippen LogP contribution in [0.5, 0.6) is 0 Å². The highest BCUT2D eigenvalue weighted by molar-refractivity contribution is 7.80. The van der Waals surface area contributed by atoms with Crippen molar-refractivity contribution in [3.05, 3.63) is 24.0 Å². The van der Waals surface area contributed by atoms with Gasteiger partial charge in [0.2, 0.25) is 0 Å². The summed E-state index contributed by atoms with van der Waals surface area (Å²) in [6.45, 7) is 2.93. The van der Waals surface area contributed by atoms with Gasteiger partial charge in [-0.3, -0.25) is 4.98 Å². The first-order valence-electron chi connectivity index (χ1n) is 5.70. The van der Waals surface area contributed by atoms with E-state index in [1.165, 1.54) is 0 Å². The third-order valence-corrected chi connectivity index (χ3v) is 3.45. The summed E-state index contributed by atoms with van der Waals surface area (Å²) >= 11 is 4.88. The van der Waals surface area contributed by atoms with E-state index in [4.69, 9.17) is 22.7 Å². The average Bonchev–Trinajstić information content (AvgIpc) is 2.74. The van der Waals surface area contributed by atoms with Gasteiger partial charge in [0.1, 0.15) is 4.99 Å². The Morgan fingerprint density at radius 2 is 2.35 bits per heavy atom. The minimum absolute atomic E-state index is 0.260. The van der Waals surface area contributed by atoms with Crippen LogP contribution in [0.25, 0.3) is 0 Å². The van der Waals surface area contributed by atoms with Crippen molar-refractivity contribution in [2.45, 2.75) is 25.5 Å². The summed E-state index contributed by atoms with van der Waals surface area (Å²) in [6.07, 6.45) is 3.11. The molecular weight excluding hydrogens is 234 g/mol. The molecule has 0 aromatic carbocycles. The Balaban J connectivity index is 2.14. The van der Waals surface area contributed by atoms with Gasteiger partial charge in [-0.25, -0.2) is 0 Å². The zero-order chi connectivity index (χ0) is 12.4. The minimum atomic E-state index is 0.260. The summed E-state index contributed by atoms with van der Waals surface area (Å²) in [5.74, 6) is 0. The SMILES string of the molecule is CC1OCCC1N(C)c1ccc(C(N)=S)nc1. The highest BCUT2D eigenvalue weighted by Crippen LogP contribution is 2.23. The van der Waals surface area contributed by atoms with E-state index in [9.17, 15) is 0 Å². The smallest absolute Gasteiger partial charge is 0.122 e. The lowest BCUT2D eigenvalue weighted by Gasteiger charge is -2.28. The van der Waals surface area contributed by atoms with Crippen LogP contribution >= 0.6 is 12.2 Å². The van der Waals surface area contributed by atoms with Gasteiger partial charge in [0.05, 0.1) is 29.7 Å². The maximum atomic E-state index is 5.57. The molecule has 0 radical (unpaired) electrons. The molecule has 5 heteroatoms. The number of rotatable bonds is 3. The van der Waals surface area contributed by atoms with Crippen molar-refractivity contribution in [2.24, 2.45) is 5.73 Å². The zero-order valence-corrected chi connectivity index (χ0v) is 10.9. The van der Waals surface area contributed by atoms with Crippen LogP contribution in [0.2, 0.25) is 0 Å². The first-order valence-corrected chi connectivity index (χ1v) is 6.10. The molecular formula is C12H17N3OS. The molecule has 92 valence electrons. The summed E-state index contributed by atoms with van der Waals surface area (Å²) in [5, 5.41) is 0. The number of likely N-dealkylation sites (N-methyl/N-ethyl adjacent to an activating group) is 1. The molecule has 17 heavy (non-hydrogen) atoms. The molecule has 2 atom stereocenters. The number of anilines is 1. The number of nitrogens with zero attached hydrogens (tertiary/aromatic N) is 2. The summed E-state index contributed by atoms with van der Waals surface area (Å²) < 4.78 is 5.57. The number of thiocarbonyl (C=S) groups is 1. The van der Waals surface area contributed by atoms with E-state index in [1.807, 2.05) is 12.1 Å². The molecule has 1 fully saturated rings. The number of ether oxygens (including phenoxy) is 1. The summed E-state index contributed by atoms with van der Waals surface area (Å²) in [4.78, 5) is 6.78. The fraction of sp³-hybridized carbons (Fsp3) is 0.500. The molecule has 2 N–H and O–H groups in total. The molecule has 0 spiro atoms. The van der Waals surface area contributed by atoms with Gasteiger partial charge in [0.15, 0.2) is 0 Å². The van der Waals surface area contributed by atoms with Gasteiger partial charge in [-0.1, -0.05) is 12.2 Å². The van der Waals surface area contributed by atoms with Crippen LogP contribution in [0.3, 0.4) is 0 Å². The van der Waals surface area contributed by atoms with Crippen molar-refractivity contribution in [3.63, 3.8) is 0 Å². The van der Waals surface area contributed by atoms with Gasteiger partial charge in [-0.2, -0.15) is 0 Å². The number of hydrogen-bond acceptors (Lipinski definition) is 4. The quantitative estimate of drug-likeness (QED) is 0.821. The molecule has 1 saturated heterocycles. The molecule has 1 aromatic heterocycles. The maximum Gasteiger partial charge on any atom is 0.122 e. The van der Waals surface area contributed by atoms with Crippen molar-refractivity contribution >= 4 is 22.9 Å². The molecule has 0 bridgehead atoms. The van der Waals surface area contributed by atoms with Crippen molar-refractivity contribution in [2.75, 3.05) is 18.6 Å². The lowest BCUT2D eigenvalue weighted by molar-refractivity contribution is 0.118. The Morgan fingerprint density at radius 3 is 2.82 bits per heavy atom. The predicted octanol–water partition coefficient (Wildman–Crippen LogP) is 1.33. The second kappa shape index (κ2) is 4.98. The van der Waals surface area contributed by atoms with Gasteiger partial charge >= 0.3 is 0 Å². The monoisotopic (exact) mass is 251 g/mol. The molecule has 0 amide bonds. The van der Waals surface area contributed by atoms with Gasteiger partial charge in [0, 0.05) is 13.7 Å². The Morgan fingerprint density at radius 1 is 1.59 bits per heavy atom. The van der Waals surface area contributed by atoms with Crippen LogP contribution in [0.4, 0.5) is 5.69 Å². The van der Waals surface area contributed by atoms with Crippen molar-refractivity contribution in [3.8, 4) is 0 Å². The summed E-state index contributed by atoms with van der Waals surface area (Å²) in [5.41, 5.74) is 7.24. The van der Waals surface area contributed by atoms with Gasteiger partial charge in [0.25, 0.3) is 0 Å². The third kappa shape index (κ3) is 2.56. The number of nitrogens with two attached hydrogens (primary N) is 1. The molecule has 4 nitrogen and oxygen atoms in total. The Kier molecular flexibility index (Phi) is 3.59. The predicted molar refractivity (Wildman–Crippen MR) is 72.3 cm³/mol. The fourth-order valence-corrected chi connectivity index (χ4v) is 2.28. The highest BCUT2D eigenvalue weighted by atomic mass is 32.1. The molecule has 1 aliphatic rings. The van der Waals surface area contributed by atoms with Crippen molar-refractivity contribution < 1.29 is 4.74 Å². The van der Waals surface area contributed by atoms with E-state index < -0.39 is 0 Å². The second-order valence-corrected chi connectivity index (χ2v) is 4.75. The first kappa shape index (κ1) is 12.3. The normalized spacial score (nSPS) is 23.6. The largest absolute Gasteiger partial charge is 0.388 e. The van der Waals surface area contributed by atoms with Crippen LogP contribution in [-0.2, 0) is 4.74 Å². The molecule has 1 aromatic rings. The van der Waals surface area contributed by atoms with Gasteiger partial charge in [-0.05, 0) is 25.5 Å². The number of hydrogen-bond donors (Lipinski definition) is 1. The van der Waals surface area contributed by atoms with Crippen LogP contribution in [0, 0.1) is 0 Å². The topological polar surface area (TPSA) is 51.4 Å². The van der Waals surface area contributed by atoms with Crippen LogP contribution < -0.4 is 10.6 Å². The lowest BCUT2D eigenvalue weighted by Crippen LogP contribution is -2.36. The Labute approximate surface area is 107 Å². The number of pyridine rings is 1. The first-order chi connectivity index (χ1) is 8.09. The van der Waals surface area contributed by atoms with Crippen molar-refractivity contribution in [1.82, 2.24) is 4.98 Å². The van der Waals surface area contributed by atoms with E-state index in [2.05, 4.69) is 23.9 Å². The molecule has 2 rings (SSSR count). The number of aromatic nitrogens is 1. The lowest BCUT2D eigenvalue weighted by atomic mass is 10.1. The molecule has 2 unspecified atom stereocenters. The molecule has 0 saturated carbocycles. The fourth-order valence-electron chi connectivity index (χ4n) is 2.16. The Hall–Kier alpha value is -1.20. The van der Waals surface area contributed by atoms with E-state index in [0.29, 0.717) is 16.7 Å². The standard InChI is InChI=1S/C12H17N3OS/c1-8-11(5-6-16-8)15(2)9-3-4-10(12(13)17)14-7-9/h3-4,7-8,11H,5-6H2,1-2H3,(H2,13,17). The Bertz CT molecular complexity index is 407. The maximum absolute atomic E-state index is 5.57. The van der Waals surface area contributed by atoms with Crippen molar-refractivity contribution in [1.29, 1.82) is 0 Å².